The summed E-state index contributed by atoms with van der Waals surface area (Å²) < 4.78 is 8.44. The predicted octanol–water partition coefficient (Wildman–Crippen LogP) is 2.72. The van der Waals surface area contributed by atoms with Gasteiger partial charge in [-0.2, -0.15) is 5.10 Å². The van der Waals surface area contributed by atoms with E-state index in [1.54, 1.807) is 31.3 Å². The molecular weight excluding hydrogens is 356 g/mol. The summed E-state index contributed by atoms with van der Waals surface area (Å²) in [5, 5.41) is 7.08. The summed E-state index contributed by atoms with van der Waals surface area (Å²) in [6.07, 6.45) is 3.66. The molecule has 2 aromatic carbocycles. The van der Waals surface area contributed by atoms with E-state index in [4.69, 9.17) is 4.42 Å². The first-order valence-corrected chi connectivity index (χ1v) is 9.05. The fourth-order valence-electron chi connectivity index (χ4n) is 3.15. The van der Waals surface area contributed by atoms with Crippen LogP contribution >= 0.6 is 0 Å². The molecule has 0 spiro atoms. The molecule has 4 rings (SSSR count). The summed E-state index contributed by atoms with van der Waals surface area (Å²) in [5.41, 5.74) is 3.19. The summed E-state index contributed by atoms with van der Waals surface area (Å²) in [5.74, 6) is -0.777. The summed E-state index contributed by atoms with van der Waals surface area (Å²) >= 11 is 0. The van der Waals surface area contributed by atoms with Crippen molar-refractivity contribution in [3.05, 3.63) is 88.7 Å². The first kappa shape index (κ1) is 17.8. The quantitative estimate of drug-likeness (QED) is 0.561. The monoisotopic (exact) mass is 376 g/mol. The highest BCUT2D eigenvalue weighted by Gasteiger charge is 2.20. The standard InChI is InChI=1S/C21H20N4O3/c1-15(25-18-5-2-3-6-19(18)28-21(25)27)20(26)22-13-16-7-9-17(10-8-16)14-24-12-4-11-23-24/h2-12,15H,13-14H2,1H3,(H,22,26)/t15-/m1/s1. The molecule has 0 saturated heterocycles. The Labute approximate surface area is 161 Å². The Kier molecular flexibility index (Phi) is 4.80. The molecule has 2 heterocycles. The van der Waals surface area contributed by atoms with E-state index in [0.717, 1.165) is 11.1 Å². The largest absolute Gasteiger partial charge is 0.420 e. The van der Waals surface area contributed by atoms with Gasteiger partial charge < -0.3 is 9.73 Å². The lowest BCUT2D eigenvalue weighted by atomic mass is 10.1. The Bertz CT molecular complexity index is 1140. The maximum atomic E-state index is 12.6. The highest BCUT2D eigenvalue weighted by Crippen LogP contribution is 2.16. The van der Waals surface area contributed by atoms with Crippen molar-refractivity contribution in [1.82, 2.24) is 19.7 Å². The van der Waals surface area contributed by atoms with Gasteiger partial charge in [0.15, 0.2) is 5.58 Å². The number of amides is 1. The van der Waals surface area contributed by atoms with Crippen LogP contribution in [-0.2, 0) is 17.9 Å². The first-order chi connectivity index (χ1) is 13.6. The minimum Gasteiger partial charge on any atom is -0.408 e. The molecule has 142 valence electrons. The second-order valence-electron chi connectivity index (χ2n) is 6.62. The summed E-state index contributed by atoms with van der Waals surface area (Å²) in [6, 6.07) is 16.3. The molecule has 0 aliphatic heterocycles. The molecule has 1 amide bonds. The molecule has 1 N–H and O–H groups in total. The maximum Gasteiger partial charge on any atom is 0.420 e. The van der Waals surface area contributed by atoms with E-state index in [-0.39, 0.29) is 5.91 Å². The molecule has 0 saturated carbocycles. The third-order valence-corrected chi connectivity index (χ3v) is 4.68. The summed E-state index contributed by atoms with van der Waals surface area (Å²) in [4.78, 5) is 24.7. The van der Waals surface area contributed by atoms with E-state index in [9.17, 15) is 9.59 Å². The predicted molar refractivity (Wildman–Crippen MR) is 105 cm³/mol. The van der Waals surface area contributed by atoms with E-state index in [2.05, 4.69) is 10.4 Å². The van der Waals surface area contributed by atoms with Crippen molar-refractivity contribution in [3.63, 3.8) is 0 Å². The van der Waals surface area contributed by atoms with Gasteiger partial charge in [0.05, 0.1) is 12.1 Å². The topological polar surface area (TPSA) is 82.1 Å². The number of carbonyl (C=O) groups excluding carboxylic acids is 1. The van der Waals surface area contributed by atoms with Gasteiger partial charge in [-0.3, -0.25) is 14.0 Å². The molecule has 4 aromatic rings. The number of para-hydroxylation sites is 2. The van der Waals surface area contributed by atoms with Crippen LogP contribution in [0.2, 0.25) is 0 Å². The Hall–Kier alpha value is -3.61. The third-order valence-electron chi connectivity index (χ3n) is 4.68. The average Bonchev–Trinajstić information content (AvgIpc) is 3.33. The molecule has 1 atom stereocenters. The van der Waals surface area contributed by atoms with E-state index in [0.29, 0.717) is 24.2 Å². The van der Waals surface area contributed by atoms with Crippen molar-refractivity contribution in [2.45, 2.75) is 26.1 Å². The van der Waals surface area contributed by atoms with Crippen LogP contribution in [0.3, 0.4) is 0 Å². The van der Waals surface area contributed by atoms with Crippen LogP contribution in [-0.4, -0.2) is 20.3 Å². The van der Waals surface area contributed by atoms with Crippen LogP contribution in [0.15, 0.2) is 76.2 Å². The molecule has 0 bridgehead atoms. The summed E-state index contributed by atoms with van der Waals surface area (Å²) in [7, 11) is 0. The lowest BCUT2D eigenvalue weighted by molar-refractivity contribution is -0.124. The smallest absolute Gasteiger partial charge is 0.408 e. The Morgan fingerprint density at radius 1 is 1.11 bits per heavy atom. The normalized spacial score (nSPS) is 12.2. The van der Waals surface area contributed by atoms with E-state index in [1.807, 2.05) is 47.3 Å². The summed E-state index contributed by atoms with van der Waals surface area (Å²) in [6.45, 7) is 2.77. The minimum absolute atomic E-state index is 0.241. The number of hydrogen-bond donors (Lipinski definition) is 1. The van der Waals surface area contributed by atoms with E-state index >= 15 is 0 Å². The van der Waals surface area contributed by atoms with Crippen LogP contribution < -0.4 is 11.1 Å². The molecule has 7 heteroatoms. The Morgan fingerprint density at radius 2 is 1.86 bits per heavy atom. The number of benzene rings is 2. The molecule has 0 unspecified atom stereocenters. The van der Waals surface area contributed by atoms with Gasteiger partial charge in [0.1, 0.15) is 6.04 Å². The molecule has 0 aliphatic carbocycles. The second-order valence-corrected chi connectivity index (χ2v) is 6.62. The van der Waals surface area contributed by atoms with Gasteiger partial charge in [-0.25, -0.2) is 4.79 Å². The number of carbonyl (C=O) groups is 1. The number of aromatic nitrogens is 3. The fraction of sp³-hybridized carbons (Fsp3) is 0.190. The van der Waals surface area contributed by atoms with Crippen LogP contribution in [0.25, 0.3) is 11.1 Å². The number of rotatable bonds is 6. The number of oxazole rings is 1. The molecule has 2 aromatic heterocycles. The first-order valence-electron chi connectivity index (χ1n) is 9.05. The van der Waals surface area contributed by atoms with Crippen molar-refractivity contribution in [2.75, 3.05) is 0 Å². The van der Waals surface area contributed by atoms with Gasteiger partial charge in [0.2, 0.25) is 5.91 Å². The van der Waals surface area contributed by atoms with Gasteiger partial charge in [-0.1, -0.05) is 36.4 Å². The van der Waals surface area contributed by atoms with E-state index < -0.39 is 11.8 Å². The molecule has 0 fully saturated rings. The van der Waals surface area contributed by atoms with Crippen LogP contribution in [0, 0.1) is 0 Å². The van der Waals surface area contributed by atoms with Gasteiger partial charge in [-0.05, 0) is 36.2 Å². The highest BCUT2D eigenvalue weighted by atomic mass is 16.4. The number of nitrogens with zero attached hydrogens (tertiary/aromatic N) is 3. The van der Waals surface area contributed by atoms with Gasteiger partial charge >= 0.3 is 5.76 Å². The molecule has 7 nitrogen and oxygen atoms in total. The number of nitrogens with one attached hydrogen (secondary N) is 1. The second kappa shape index (κ2) is 7.56. The number of hydrogen-bond acceptors (Lipinski definition) is 4. The van der Waals surface area contributed by atoms with E-state index in [1.165, 1.54) is 4.57 Å². The van der Waals surface area contributed by atoms with Crippen LogP contribution in [0.1, 0.15) is 24.1 Å². The Morgan fingerprint density at radius 3 is 2.61 bits per heavy atom. The van der Waals surface area contributed by atoms with Crippen molar-refractivity contribution < 1.29 is 9.21 Å². The molecular formula is C21H20N4O3. The molecule has 0 radical (unpaired) electrons. The van der Waals surface area contributed by atoms with Crippen molar-refractivity contribution >= 4 is 17.0 Å². The number of fused-ring (bicyclic) bond motifs is 1. The van der Waals surface area contributed by atoms with Crippen molar-refractivity contribution in [1.29, 1.82) is 0 Å². The van der Waals surface area contributed by atoms with Gasteiger partial charge in [-0.15, -0.1) is 0 Å². The van der Waals surface area contributed by atoms with Gasteiger partial charge in [0.25, 0.3) is 0 Å². The van der Waals surface area contributed by atoms with Crippen molar-refractivity contribution in [3.8, 4) is 0 Å². The zero-order valence-electron chi connectivity index (χ0n) is 15.4. The minimum atomic E-state index is -0.671. The molecule has 0 aliphatic rings. The zero-order valence-corrected chi connectivity index (χ0v) is 15.4. The SMILES string of the molecule is C[C@H](C(=O)NCc1ccc(Cn2cccn2)cc1)n1c(=O)oc2ccccc21. The van der Waals surface area contributed by atoms with Crippen LogP contribution in [0.5, 0.6) is 0 Å². The average molecular weight is 376 g/mol. The Balaban J connectivity index is 1.41. The lowest BCUT2D eigenvalue weighted by Gasteiger charge is -2.13. The van der Waals surface area contributed by atoms with Crippen LogP contribution in [0.4, 0.5) is 0 Å². The fourth-order valence-corrected chi connectivity index (χ4v) is 3.15. The van der Waals surface area contributed by atoms with Crippen molar-refractivity contribution in [2.24, 2.45) is 0 Å². The van der Waals surface area contributed by atoms with Gasteiger partial charge in [0, 0.05) is 18.9 Å². The zero-order chi connectivity index (χ0) is 19.5. The highest BCUT2D eigenvalue weighted by molar-refractivity contribution is 5.82. The molecule has 28 heavy (non-hydrogen) atoms. The third kappa shape index (κ3) is 3.59. The lowest BCUT2D eigenvalue weighted by Crippen LogP contribution is -2.34. The maximum absolute atomic E-state index is 12.6.